The van der Waals surface area contributed by atoms with Gasteiger partial charge in [-0.25, -0.2) is 0 Å². The summed E-state index contributed by atoms with van der Waals surface area (Å²) in [6.45, 7) is 4.44. The Labute approximate surface area is 80.2 Å². The first-order chi connectivity index (χ1) is 6.27. The minimum Gasteiger partial charge on any atom is -0.303 e. The van der Waals surface area contributed by atoms with Gasteiger partial charge < -0.3 is 4.79 Å². The summed E-state index contributed by atoms with van der Waals surface area (Å²) in [5.74, 6) is 3.14. The zero-order valence-corrected chi connectivity index (χ0v) is 8.44. The summed E-state index contributed by atoms with van der Waals surface area (Å²) in [6.07, 6.45) is 8.17. The Kier molecular flexibility index (Phi) is 2.27. The van der Waals surface area contributed by atoms with Crippen LogP contribution in [-0.2, 0) is 4.79 Å². The van der Waals surface area contributed by atoms with Gasteiger partial charge in [0.05, 0.1) is 0 Å². The number of hydrogen-bond donors (Lipinski definition) is 0. The predicted octanol–water partition coefficient (Wildman–Crippen LogP) is 2.67. The van der Waals surface area contributed by atoms with Gasteiger partial charge >= 0.3 is 0 Å². The lowest BCUT2D eigenvalue weighted by Crippen LogP contribution is -2.26. The van der Waals surface area contributed by atoms with E-state index in [0.717, 1.165) is 18.3 Å². The van der Waals surface area contributed by atoms with Crippen molar-refractivity contribution in [2.75, 3.05) is 0 Å². The molecule has 0 saturated heterocycles. The highest BCUT2D eigenvalue weighted by Gasteiger charge is 2.44. The van der Waals surface area contributed by atoms with E-state index in [0.29, 0.717) is 17.8 Å². The average molecular weight is 178 g/mol. The monoisotopic (exact) mass is 178 g/mol. The van der Waals surface area contributed by atoms with Gasteiger partial charge in [-0.05, 0) is 36.5 Å². The quantitative estimate of drug-likeness (QED) is 0.479. The third kappa shape index (κ3) is 1.25. The largest absolute Gasteiger partial charge is 0.303 e. The van der Waals surface area contributed by atoms with Crippen LogP contribution < -0.4 is 0 Å². The number of carbonyl (C=O) groups is 1. The minimum absolute atomic E-state index is 0.301. The maximum atomic E-state index is 10.9. The summed E-state index contributed by atoms with van der Waals surface area (Å²) in [7, 11) is 0. The van der Waals surface area contributed by atoms with Crippen LogP contribution in [0.2, 0.25) is 0 Å². The summed E-state index contributed by atoms with van der Waals surface area (Å²) in [5, 5.41) is 0. The van der Waals surface area contributed by atoms with Crippen LogP contribution in [-0.4, -0.2) is 6.29 Å². The Hall–Kier alpha value is -0.590. The van der Waals surface area contributed by atoms with Crippen LogP contribution in [0.25, 0.3) is 0 Å². The standard InChI is InChI=1S/C12H18O/c1-3-9(7-13)12-8(2)10-4-5-11(12)6-10/h4-5,7-12H,3,6H2,1-2H3. The summed E-state index contributed by atoms with van der Waals surface area (Å²) in [4.78, 5) is 10.9. The average Bonchev–Trinajstić information content (AvgIpc) is 2.70. The molecule has 0 aliphatic heterocycles. The van der Waals surface area contributed by atoms with Crippen molar-refractivity contribution >= 4 is 6.29 Å². The molecule has 0 aromatic heterocycles. The van der Waals surface area contributed by atoms with Crippen LogP contribution in [0.4, 0.5) is 0 Å². The highest BCUT2D eigenvalue weighted by Crippen LogP contribution is 2.50. The fourth-order valence-electron chi connectivity index (χ4n) is 3.27. The van der Waals surface area contributed by atoms with Crippen LogP contribution >= 0.6 is 0 Å². The van der Waals surface area contributed by atoms with Crippen molar-refractivity contribution in [3.8, 4) is 0 Å². The molecule has 0 spiro atoms. The normalized spacial score (nSPS) is 43.8. The lowest BCUT2D eigenvalue weighted by atomic mass is 9.75. The lowest BCUT2D eigenvalue weighted by molar-refractivity contribution is -0.113. The molecule has 5 atom stereocenters. The van der Waals surface area contributed by atoms with Crippen LogP contribution in [0.3, 0.4) is 0 Å². The molecule has 0 N–H and O–H groups in total. The molecule has 5 unspecified atom stereocenters. The van der Waals surface area contributed by atoms with Crippen LogP contribution in [0.15, 0.2) is 12.2 Å². The van der Waals surface area contributed by atoms with Gasteiger partial charge in [-0.2, -0.15) is 0 Å². The van der Waals surface area contributed by atoms with Gasteiger partial charge in [-0.1, -0.05) is 26.0 Å². The van der Waals surface area contributed by atoms with Crippen LogP contribution in [0.5, 0.6) is 0 Å². The van der Waals surface area contributed by atoms with E-state index in [1.807, 2.05) is 0 Å². The predicted molar refractivity (Wildman–Crippen MR) is 53.2 cm³/mol. The fourth-order valence-corrected chi connectivity index (χ4v) is 3.27. The van der Waals surface area contributed by atoms with Gasteiger partial charge in [0, 0.05) is 5.92 Å². The first kappa shape index (κ1) is 8.98. The molecule has 1 saturated carbocycles. The molecule has 2 aliphatic carbocycles. The summed E-state index contributed by atoms with van der Waals surface area (Å²) in [5.41, 5.74) is 0. The molecule has 1 nitrogen and oxygen atoms in total. The molecule has 0 heterocycles. The Bertz CT molecular complexity index is 231. The van der Waals surface area contributed by atoms with E-state index in [9.17, 15) is 4.79 Å². The van der Waals surface area contributed by atoms with E-state index < -0.39 is 0 Å². The number of rotatable bonds is 3. The van der Waals surface area contributed by atoms with E-state index in [2.05, 4.69) is 26.0 Å². The minimum atomic E-state index is 0.301. The molecule has 13 heavy (non-hydrogen) atoms. The molecule has 0 aromatic rings. The first-order valence-electron chi connectivity index (χ1n) is 5.41. The summed E-state index contributed by atoms with van der Waals surface area (Å²) >= 11 is 0. The highest BCUT2D eigenvalue weighted by molar-refractivity contribution is 5.54. The molecule has 2 aliphatic rings. The van der Waals surface area contributed by atoms with Crippen molar-refractivity contribution in [3.63, 3.8) is 0 Å². The molecular formula is C12H18O. The van der Waals surface area contributed by atoms with E-state index in [1.54, 1.807) is 0 Å². The first-order valence-corrected chi connectivity index (χ1v) is 5.41. The SMILES string of the molecule is CCC(C=O)C1C2C=CC(C2)C1C. The topological polar surface area (TPSA) is 17.1 Å². The number of fused-ring (bicyclic) bond motifs is 2. The second-order valence-corrected chi connectivity index (χ2v) is 4.59. The molecule has 2 bridgehead atoms. The van der Waals surface area contributed by atoms with Gasteiger partial charge in [0.1, 0.15) is 6.29 Å². The number of hydrogen-bond acceptors (Lipinski definition) is 1. The second kappa shape index (κ2) is 3.28. The molecule has 1 fully saturated rings. The number of carbonyl (C=O) groups excluding carboxylic acids is 1. The zero-order valence-electron chi connectivity index (χ0n) is 8.44. The Morgan fingerprint density at radius 2 is 2.15 bits per heavy atom. The maximum Gasteiger partial charge on any atom is 0.123 e. The van der Waals surface area contributed by atoms with Crippen molar-refractivity contribution in [1.29, 1.82) is 0 Å². The second-order valence-electron chi connectivity index (χ2n) is 4.59. The van der Waals surface area contributed by atoms with Gasteiger partial charge in [0.2, 0.25) is 0 Å². The number of aldehydes is 1. The Balaban J connectivity index is 2.15. The Morgan fingerprint density at radius 3 is 2.62 bits per heavy atom. The van der Waals surface area contributed by atoms with Crippen molar-refractivity contribution in [1.82, 2.24) is 0 Å². The third-order valence-electron chi connectivity index (χ3n) is 4.07. The van der Waals surface area contributed by atoms with Gasteiger partial charge in [-0.15, -0.1) is 0 Å². The smallest absolute Gasteiger partial charge is 0.123 e. The van der Waals surface area contributed by atoms with Gasteiger partial charge in [-0.3, -0.25) is 0 Å². The van der Waals surface area contributed by atoms with Gasteiger partial charge in [0.25, 0.3) is 0 Å². The molecule has 1 heteroatoms. The number of allylic oxidation sites excluding steroid dienone is 2. The Morgan fingerprint density at radius 1 is 1.46 bits per heavy atom. The molecule has 2 rings (SSSR count). The van der Waals surface area contributed by atoms with E-state index in [1.165, 1.54) is 12.7 Å². The highest BCUT2D eigenvalue weighted by atomic mass is 16.1. The van der Waals surface area contributed by atoms with Crippen molar-refractivity contribution < 1.29 is 4.79 Å². The molecular weight excluding hydrogens is 160 g/mol. The fraction of sp³-hybridized carbons (Fsp3) is 0.750. The zero-order chi connectivity index (χ0) is 9.42. The van der Waals surface area contributed by atoms with Gasteiger partial charge in [0.15, 0.2) is 0 Å². The van der Waals surface area contributed by atoms with Crippen molar-refractivity contribution in [3.05, 3.63) is 12.2 Å². The van der Waals surface area contributed by atoms with E-state index in [4.69, 9.17) is 0 Å². The molecule has 0 aromatic carbocycles. The molecule has 72 valence electrons. The van der Waals surface area contributed by atoms with Crippen LogP contribution in [0.1, 0.15) is 26.7 Å². The van der Waals surface area contributed by atoms with E-state index in [-0.39, 0.29) is 0 Å². The summed E-state index contributed by atoms with van der Waals surface area (Å²) < 4.78 is 0. The molecule has 0 radical (unpaired) electrons. The van der Waals surface area contributed by atoms with E-state index >= 15 is 0 Å². The van der Waals surface area contributed by atoms with Crippen LogP contribution in [0, 0.1) is 29.6 Å². The lowest BCUT2D eigenvalue weighted by Gasteiger charge is -2.28. The third-order valence-corrected chi connectivity index (χ3v) is 4.07. The van der Waals surface area contributed by atoms with Crippen molar-refractivity contribution in [2.24, 2.45) is 29.6 Å². The van der Waals surface area contributed by atoms with Crippen molar-refractivity contribution in [2.45, 2.75) is 26.7 Å². The maximum absolute atomic E-state index is 10.9. The summed E-state index contributed by atoms with van der Waals surface area (Å²) in [6, 6.07) is 0. The molecule has 0 amide bonds.